The van der Waals surface area contributed by atoms with E-state index in [0.717, 1.165) is 0 Å². The number of carboxylic acids is 1. The van der Waals surface area contributed by atoms with E-state index in [0.29, 0.717) is 6.29 Å². The smallest absolute Gasteiger partial charge is 0.303 e. The van der Waals surface area contributed by atoms with Crippen molar-refractivity contribution < 1.29 is 30.0 Å². The van der Waals surface area contributed by atoms with Crippen molar-refractivity contribution >= 4 is 12.3 Å². The minimum atomic E-state index is -1.55. The first-order valence-electron chi connectivity index (χ1n) is 4.33. The Bertz CT molecular complexity index is 221. The molecule has 88 valence electrons. The summed E-state index contributed by atoms with van der Waals surface area (Å²) >= 11 is 0. The fraction of sp³-hybridized carbons (Fsp3) is 0.750. The van der Waals surface area contributed by atoms with Gasteiger partial charge in [0.15, 0.2) is 0 Å². The molecule has 0 heterocycles. The molecule has 0 rings (SSSR count). The van der Waals surface area contributed by atoms with E-state index in [1.165, 1.54) is 0 Å². The van der Waals surface area contributed by atoms with Crippen LogP contribution in [0.25, 0.3) is 0 Å². The Hall–Kier alpha value is -1.02. The number of carbonyl (C=O) groups excluding carboxylic acids is 1. The van der Waals surface area contributed by atoms with E-state index < -0.39 is 43.2 Å². The topological polar surface area (TPSA) is 141 Å². The number of aliphatic carboxylic acids is 1. The van der Waals surface area contributed by atoms with Crippen LogP contribution in [0.1, 0.15) is 6.42 Å². The van der Waals surface area contributed by atoms with Gasteiger partial charge in [-0.3, -0.25) is 4.79 Å². The molecule has 0 aromatic carbocycles. The van der Waals surface area contributed by atoms with E-state index in [1.807, 2.05) is 0 Å². The Balaban J connectivity index is 4.60. The molecule has 0 aliphatic rings. The largest absolute Gasteiger partial charge is 0.481 e. The molecule has 0 radical (unpaired) electrons. The maximum atomic E-state index is 10.4. The van der Waals surface area contributed by atoms with E-state index in [1.54, 1.807) is 0 Å². The predicted molar refractivity (Wildman–Crippen MR) is 48.9 cm³/mol. The van der Waals surface area contributed by atoms with Gasteiger partial charge in [0.2, 0.25) is 0 Å². The second-order valence-corrected chi connectivity index (χ2v) is 3.22. The second kappa shape index (κ2) is 6.46. The lowest BCUT2D eigenvalue weighted by atomic mass is 9.89. The average molecular weight is 221 g/mol. The number of rotatable bonds is 7. The first-order chi connectivity index (χ1) is 6.93. The molecular formula is C8H15NO6. The number of aldehydes is 1. The number of carboxylic acid groups (broad SMARTS) is 1. The molecule has 0 saturated carbocycles. The fourth-order valence-corrected chi connectivity index (χ4v) is 1.18. The van der Waals surface area contributed by atoms with Gasteiger partial charge in [0.05, 0.1) is 25.2 Å². The standard InChI is InChI=1S/C8H15NO6/c9-5(2-10)4(1-7(13)14)8(15)6(12)3-11/h2,4-6,8,11-12,15H,1,3,9H2,(H,13,14)/t4-,5-,6+,8-/m0/s1. The zero-order valence-electron chi connectivity index (χ0n) is 7.98. The third-order valence-electron chi connectivity index (χ3n) is 2.08. The Morgan fingerprint density at radius 2 is 1.93 bits per heavy atom. The number of aliphatic hydroxyl groups is 3. The van der Waals surface area contributed by atoms with Gasteiger partial charge in [-0.15, -0.1) is 0 Å². The first kappa shape index (κ1) is 14.0. The molecule has 6 N–H and O–H groups in total. The van der Waals surface area contributed by atoms with E-state index in [2.05, 4.69) is 0 Å². The normalized spacial score (nSPS) is 18.9. The summed E-state index contributed by atoms with van der Waals surface area (Å²) in [7, 11) is 0. The molecule has 0 aliphatic heterocycles. The van der Waals surface area contributed by atoms with Crippen LogP contribution in [0.4, 0.5) is 0 Å². The van der Waals surface area contributed by atoms with Gasteiger partial charge in [-0.1, -0.05) is 0 Å². The Kier molecular flexibility index (Phi) is 6.02. The Morgan fingerprint density at radius 1 is 1.40 bits per heavy atom. The summed E-state index contributed by atoms with van der Waals surface area (Å²) in [4.78, 5) is 20.8. The van der Waals surface area contributed by atoms with Crippen LogP contribution in [0.15, 0.2) is 0 Å². The molecule has 0 unspecified atom stereocenters. The Morgan fingerprint density at radius 3 is 2.27 bits per heavy atom. The van der Waals surface area contributed by atoms with Crippen LogP contribution in [0.5, 0.6) is 0 Å². The third kappa shape index (κ3) is 4.34. The maximum absolute atomic E-state index is 10.4. The Labute approximate surface area is 86.1 Å². The van der Waals surface area contributed by atoms with E-state index in [4.69, 9.17) is 21.1 Å². The van der Waals surface area contributed by atoms with Crippen molar-refractivity contribution in [2.75, 3.05) is 6.61 Å². The molecule has 15 heavy (non-hydrogen) atoms. The molecule has 0 aromatic rings. The van der Waals surface area contributed by atoms with Crippen molar-refractivity contribution in [1.82, 2.24) is 0 Å². The molecule has 4 atom stereocenters. The monoisotopic (exact) mass is 221 g/mol. The summed E-state index contributed by atoms with van der Waals surface area (Å²) in [5, 5.41) is 35.6. The number of hydrogen-bond acceptors (Lipinski definition) is 6. The van der Waals surface area contributed by atoms with Gasteiger partial charge in [0.25, 0.3) is 0 Å². The van der Waals surface area contributed by atoms with Gasteiger partial charge in [-0.25, -0.2) is 0 Å². The third-order valence-corrected chi connectivity index (χ3v) is 2.08. The number of nitrogens with two attached hydrogens (primary N) is 1. The van der Waals surface area contributed by atoms with E-state index in [-0.39, 0.29) is 0 Å². The summed E-state index contributed by atoms with van der Waals surface area (Å²) in [6.07, 6.45) is -3.33. The molecule has 7 nitrogen and oxygen atoms in total. The van der Waals surface area contributed by atoms with Gasteiger partial charge in [0, 0.05) is 5.92 Å². The highest BCUT2D eigenvalue weighted by atomic mass is 16.4. The molecule has 0 aliphatic carbocycles. The quantitative estimate of drug-likeness (QED) is 0.295. The summed E-state index contributed by atoms with van der Waals surface area (Å²) in [5.41, 5.74) is 5.27. The molecule has 0 saturated heterocycles. The number of aliphatic hydroxyl groups excluding tert-OH is 3. The van der Waals surface area contributed by atoms with E-state index >= 15 is 0 Å². The second-order valence-electron chi connectivity index (χ2n) is 3.22. The summed E-state index contributed by atoms with van der Waals surface area (Å²) in [5.74, 6) is -2.37. The van der Waals surface area contributed by atoms with Gasteiger partial charge in [0.1, 0.15) is 12.4 Å². The lowest BCUT2D eigenvalue weighted by Crippen LogP contribution is -2.46. The lowest BCUT2D eigenvalue weighted by molar-refractivity contribution is -0.141. The van der Waals surface area contributed by atoms with E-state index in [9.17, 15) is 14.7 Å². The van der Waals surface area contributed by atoms with Crippen LogP contribution in [0, 0.1) is 5.92 Å². The van der Waals surface area contributed by atoms with Crippen LogP contribution >= 0.6 is 0 Å². The average Bonchev–Trinajstić information content (AvgIpc) is 2.22. The molecular weight excluding hydrogens is 206 g/mol. The molecule has 0 bridgehead atoms. The highest BCUT2D eigenvalue weighted by Crippen LogP contribution is 2.15. The fourth-order valence-electron chi connectivity index (χ4n) is 1.18. The van der Waals surface area contributed by atoms with Crippen LogP contribution in [0.2, 0.25) is 0 Å². The van der Waals surface area contributed by atoms with Crippen molar-refractivity contribution in [1.29, 1.82) is 0 Å². The predicted octanol–water partition coefficient (Wildman–Crippen LogP) is -2.68. The SMILES string of the molecule is N[C@@H](C=O)[C@H](CC(=O)O)[C@H](O)[C@H](O)CO. The highest BCUT2D eigenvalue weighted by Gasteiger charge is 2.32. The van der Waals surface area contributed by atoms with Crippen molar-refractivity contribution in [3.63, 3.8) is 0 Å². The minimum absolute atomic E-state index is 0.293. The van der Waals surface area contributed by atoms with Crippen LogP contribution in [-0.4, -0.2) is 57.5 Å². The van der Waals surface area contributed by atoms with Gasteiger partial charge < -0.3 is 31.0 Å². The van der Waals surface area contributed by atoms with Crippen LogP contribution in [-0.2, 0) is 9.59 Å². The maximum Gasteiger partial charge on any atom is 0.303 e. The van der Waals surface area contributed by atoms with Crippen LogP contribution < -0.4 is 5.73 Å². The van der Waals surface area contributed by atoms with Crippen molar-refractivity contribution in [2.24, 2.45) is 11.7 Å². The van der Waals surface area contributed by atoms with Gasteiger partial charge >= 0.3 is 5.97 Å². The molecule has 0 fully saturated rings. The summed E-state index contributed by atoms with van der Waals surface area (Å²) < 4.78 is 0. The van der Waals surface area contributed by atoms with Crippen molar-refractivity contribution in [3.8, 4) is 0 Å². The number of hydrogen-bond donors (Lipinski definition) is 5. The van der Waals surface area contributed by atoms with Crippen LogP contribution in [0.3, 0.4) is 0 Å². The summed E-state index contributed by atoms with van der Waals surface area (Å²) in [6, 6.07) is -1.20. The zero-order chi connectivity index (χ0) is 12.0. The first-order valence-corrected chi connectivity index (χ1v) is 4.33. The molecule has 0 spiro atoms. The lowest BCUT2D eigenvalue weighted by Gasteiger charge is -2.26. The summed E-state index contributed by atoms with van der Waals surface area (Å²) in [6.45, 7) is -0.733. The highest BCUT2D eigenvalue weighted by molar-refractivity contribution is 5.69. The van der Waals surface area contributed by atoms with Gasteiger partial charge in [-0.05, 0) is 0 Å². The minimum Gasteiger partial charge on any atom is -0.481 e. The van der Waals surface area contributed by atoms with Crippen molar-refractivity contribution in [3.05, 3.63) is 0 Å². The molecule has 7 heteroatoms. The van der Waals surface area contributed by atoms with Gasteiger partial charge in [-0.2, -0.15) is 0 Å². The zero-order valence-corrected chi connectivity index (χ0v) is 7.98. The number of carbonyl (C=O) groups is 2. The van der Waals surface area contributed by atoms with Crippen molar-refractivity contribution in [2.45, 2.75) is 24.7 Å². The molecule has 0 aromatic heterocycles. The molecule has 0 amide bonds.